The zero-order valence-corrected chi connectivity index (χ0v) is 10.1. The maximum Gasteiger partial charge on any atom is 0.170 e. The number of rotatable bonds is 3. The molecule has 0 bridgehead atoms. The van der Waals surface area contributed by atoms with E-state index in [-0.39, 0.29) is 23.0 Å². The van der Waals surface area contributed by atoms with Crippen molar-refractivity contribution in [3.8, 4) is 11.4 Å². The topological polar surface area (TPSA) is 43.6 Å². The molecule has 2 aromatic heterocycles. The lowest BCUT2D eigenvalue weighted by Crippen LogP contribution is -2.07. The first-order chi connectivity index (χ1) is 8.82. The van der Waals surface area contributed by atoms with Gasteiger partial charge < -0.3 is 0 Å². The second kappa shape index (κ2) is 4.79. The van der Waals surface area contributed by atoms with Crippen LogP contribution in [-0.2, 0) is 5.83 Å². The Hall–Kier alpha value is -1.49. The predicted octanol–water partition coefficient (Wildman–Crippen LogP) is 2.80. The highest BCUT2D eigenvalue weighted by atomic mass is 35.5. The molecule has 4 nitrogen and oxygen atoms in total. The summed E-state index contributed by atoms with van der Waals surface area (Å²) in [6, 6.07) is -0.0940. The van der Waals surface area contributed by atoms with Crippen molar-refractivity contribution < 1.29 is 7.13 Å². The van der Waals surface area contributed by atoms with Gasteiger partial charge in [0.2, 0.25) is 0 Å². The van der Waals surface area contributed by atoms with Crippen molar-refractivity contribution in [1.29, 1.82) is 0 Å². The summed E-state index contributed by atoms with van der Waals surface area (Å²) in [6.45, 7) is 3.68. The minimum atomic E-state index is -2.19. The van der Waals surface area contributed by atoms with Gasteiger partial charge in [-0.05, 0) is 13.8 Å². The fourth-order valence-corrected chi connectivity index (χ4v) is 1.68. The third-order valence-electron chi connectivity index (χ3n) is 2.28. The van der Waals surface area contributed by atoms with E-state index in [0.717, 1.165) is 6.20 Å². The zero-order chi connectivity index (χ0) is 14.2. The number of hydrogen-bond acceptors (Lipinski definition) is 3. The lowest BCUT2D eigenvalue weighted by Gasteiger charge is -2.12. The van der Waals surface area contributed by atoms with Gasteiger partial charge in [-0.3, -0.25) is 4.68 Å². The Morgan fingerprint density at radius 3 is 2.94 bits per heavy atom. The molecule has 0 amide bonds. The van der Waals surface area contributed by atoms with Crippen molar-refractivity contribution in [2.24, 2.45) is 0 Å². The van der Waals surface area contributed by atoms with Crippen LogP contribution in [0.1, 0.15) is 28.2 Å². The monoisotopic (exact) mass is 256 g/mol. The summed E-state index contributed by atoms with van der Waals surface area (Å²) in [4.78, 5) is 7.69. The molecule has 0 spiro atoms. The van der Waals surface area contributed by atoms with Gasteiger partial charge in [0, 0.05) is 20.5 Å². The number of hydrogen-bond donors (Lipinski definition) is 0. The largest absolute Gasteiger partial charge is 0.258 e. The van der Waals surface area contributed by atoms with E-state index in [9.17, 15) is 4.39 Å². The molecule has 0 fully saturated rings. The summed E-state index contributed by atoms with van der Waals surface area (Å²) in [5.74, 6) is -2.76. The Morgan fingerprint density at radius 2 is 2.29 bits per heavy atom. The summed E-state index contributed by atoms with van der Waals surface area (Å²) < 4.78 is 30.5. The molecule has 0 atom stereocenters. The first-order valence-electron chi connectivity index (χ1n) is 6.05. The average Bonchev–Trinajstić information content (AvgIpc) is 2.70. The van der Waals surface area contributed by atoms with E-state index in [4.69, 9.17) is 14.3 Å². The number of nitrogens with zero attached hydrogens (tertiary/aromatic N) is 4. The molecule has 0 saturated heterocycles. The summed E-state index contributed by atoms with van der Waals surface area (Å²) in [6.07, 6.45) is 3.54. The zero-order valence-electron chi connectivity index (χ0n) is 11.4. The van der Waals surface area contributed by atoms with Crippen LogP contribution in [0.25, 0.3) is 11.4 Å². The Labute approximate surface area is 106 Å². The van der Waals surface area contributed by atoms with Crippen molar-refractivity contribution in [2.75, 3.05) is 0 Å². The van der Waals surface area contributed by atoms with Crippen molar-refractivity contribution in [1.82, 2.24) is 19.7 Å². The van der Waals surface area contributed by atoms with Crippen molar-refractivity contribution >= 4 is 11.6 Å². The van der Waals surface area contributed by atoms with Crippen LogP contribution in [0.3, 0.4) is 0 Å². The molecular weight excluding hydrogens is 243 g/mol. The van der Waals surface area contributed by atoms with Crippen LogP contribution in [0.2, 0.25) is 0 Å². The highest BCUT2D eigenvalue weighted by Crippen LogP contribution is 2.26. The first-order valence-corrected chi connectivity index (χ1v) is 5.43. The lowest BCUT2D eigenvalue weighted by atomic mass is 10.2. The van der Waals surface area contributed by atoms with Crippen LogP contribution in [0.4, 0.5) is 4.39 Å². The van der Waals surface area contributed by atoms with E-state index in [0.29, 0.717) is 0 Å². The van der Waals surface area contributed by atoms with Gasteiger partial charge in [-0.2, -0.15) is 5.10 Å². The lowest BCUT2D eigenvalue weighted by molar-refractivity contribution is 0.533. The fourth-order valence-electron chi connectivity index (χ4n) is 1.54. The van der Waals surface area contributed by atoms with Gasteiger partial charge in [-0.1, -0.05) is 0 Å². The second-order valence-corrected chi connectivity index (χ2v) is 3.95. The van der Waals surface area contributed by atoms with Gasteiger partial charge >= 0.3 is 0 Å². The van der Waals surface area contributed by atoms with Crippen LogP contribution >= 0.6 is 11.6 Å². The number of aromatic nitrogens is 4. The quantitative estimate of drug-likeness (QED) is 0.793. The summed E-state index contributed by atoms with van der Waals surface area (Å²) >= 11 is 5.67. The van der Waals surface area contributed by atoms with E-state index in [1.807, 2.05) is 13.8 Å². The van der Waals surface area contributed by atoms with Crippen LogP contribution in [-0.4, -0.2) is 19.7 Å². The van der Waals surface area contributed by atoms with Gasteiger partial charge in [-0.25, -0.2) is 14.4 Å². The standard InChI is InChI=1S/C11H12ClFN4/c1-7(2)17-11(9(13)5-16-17)10-8(3-12)4-14-6-15-10/h4-7H,3H2,1-2H3/i3D2. The van der Waals surface area contributed by atoms with E-state index >= 15 is 0 Å². The van der Waals surface area contributed by atoms with Crippen molar-refractivity contribution in [3.63, 3.8) is 0 Å². The molecule has 6 heteroatoms. The SMILES string of the molecule is [2H]C([2H])(Cl)c1cncnc1-c1c(F)cnn1C(C)C. The second-order valence-electron chi connectivity index (χ2n) is 3.76. The fraction of sp³-hybridized carbons (Fsp3) is 0.364. The van der Waals surface area contributed by atoms with Gasteiger partial charge in [0.25, 0.3) is 0 Å². The molecule has 0 aliphatic heterocycles. The third-order valence-corrected chi connectivity index (χ3v) is 2.48. The predicted molar refractivity (Wildman–Crippen MR) is 63.2 cm³/mol. The summed E-state index contributed by atoms with van der Waals surface area (Å²) in [5.41, 5.74) is 0.230. The highest BCUT2D eigenvalue weighted by molar-refractivity contribution is 6.17. The minimum Gasteiger partial charge on any atom is -0.258 e. The van der Waals surface area contributed by atoms with Crippen LogP contribution in [0.15, 0.2) is 18.7 Å². The van der Waals surface area contributed by atoms with Gasteiger partial charge in [-0.15, -0.1) is 11.6 Å². The molecule has 2 rings (SSSR count). The molecule has 2 heterocycles. The maximum absolute atomic E-state index is 13.9. The van der Waals surface area contributed by atoms with E-state index in [1.165, 1.54) is 17.2 Å². The summed E-state index contributed by atoms with van der Waals surface area (Å²) in [7, 11) is 0. The highest BCUT2D eigenvalue weighted by Gasteiger charge is 2.18. The first kappa shape index (κ1) is 9.53. The number of halogens is 2. The maximum atomic E-state index is 13.9. The van der Waals surface area contributed by atoms with E-state index in [2.05, 4.69) is 15.1 Å². The molecular formula is C11H12ClFN4. The van der Waals surface area contributed by atoms with Crippen LogP contribution in [0, 0.1) is 5.82 Å². The minimum absolute atomic E-state index is 0.0120. The molecule has 17 heavy (non-hydrogen) atoms. The van der Waals surface area contributed by atoms with Crippen molar-refractivity contribution in [3.05, 3.63) is 30.1 Å². The molecule has 0 aliphatic carbocycles. The normalized spacial score (nSPS) is 13.7. The van der Waals surface area contributed by atoms with Crippen LogP contribution in [0.5, 0.6) is 0 Å². The van der Waals surface area contributed by atoms with Crippen molar-refractivity contribution in [2.45, 2.75) is 25.7 Å². The van der Waals surface area contributed by atoms with E-state index < -0.39 is 11.6 Å². The Bertz CT molecular complexity index is 595. The Morgan fingerprint density at radius 1 is 1.53 bits per heavy atom. The average molecular weight is 257 g/mol. The summed E-state index contributed by atoms with van der Waals surface area (Å²) in [5, 5.41) is 3.93. The van der Waals surface area contributed by atoms with Gasteiger partial charge in [0.05, 0.1) is 17.7 Å². The third kappa shape index (κ3) is 2.15. The molecule has 0 unspecified atom stereocenters. The van der Waals surface area contributed by atoms with E-state index in [1.54, 1.807) is 0 Å². The number of alkyl halides is 1. The van der Waals surface area contributed by atoms with Gasteiger partial charge in [0.1, 0.15) is 12.0 Å². The Balaban J connectivity index is 2.70. The Kier molecular flexibility index (Phi) is 2.69. The smallest absolute Gasteiger partial charge is 0.170 e. The molecule has 90 valence electrons. The molecule has 2 aromatic rings. The van der Waals surface area contributed by atoms with Crippen LogP contribution < -0.4 is 0 Å². The van der Waals surface area contributed by atoms with Gasteiger partial charge in [0.15, 0.2) is 5.82 Å². The molecule has 0 N–H and O–H groups in total. The molecule has 0 radical (unpaired) electrons. The molecule has 0 saturated carbocycles. The molecule has 0 aliphatic rings. The molecule has 0 aromatic carbocycles.